The van der Waals surface area contributed by atoms with Crippen LogP contribution in [-0.4, -0.2) is 52.9 Å². The number of amides is 2. The molecule has 1 spiro atoms. The van der Waals surface area contributed by atoms with Gasteiger partial charge in [0.1, 0.15) is 0 Å². The van der Waals surface area contributed by atoms with Crippen LogP contribution in [0.3, 0.4) is 0 Å². The number of carbonyl (C=O) groups excluding carboxylic acids is 2. The topological polar surface area (TPSA) is 59.7 Å². The summed E-state index contributed by atoms with van der Waals surface area (Å²) in [4.78, 5) is 36.7. The fourth-order valence-corrected chi connectivity index (χ4v) is 5.39. The molecule has 0 unspecified atom stereocenters. The molecule has 2 aromatic carbocycles. The highest BCUT2D eigenvalue weighted by molar-refractivity contribution is 6.12. The van der Waals surface area contributed by atoms with Gasteiger partial charge < -0.3 is 9.88 Å². The molecule has 6 heteroatoms. The predicted octanol–water partition coefficient (Wildman–Crippen LogP) is 3.46. The molecule has 31 heavy (non-hydrogen) atoms. The van der Waals surface area contributed by atoms with E-state index in [0.29, 0.717) is 13.2 Å². The third-order valence-electron chi connectivity index (χ3n) is 6.92. The highest BCUT2D eigenvalue weighted by atomic mass is 16.2. The number of rotatable bonds is 4. The quantitative estimate of drug-likeness (QED) is 0.709. The Hall–Kier alpha value is -3.12. The summed E-state index contributed by atoms with van der Waals surface area (Å²) < 4.78 is 0. The lowest BCUT2D eigenvalue weighted by Gasteiger charge is -2.43. The van der Waals surface area contributed by atoms with Gasteiger partial charge in [-0.05, 0) is 37.2 Å². The Morgan fingerprint density at radius 3 is 2.55 bits per heavy atom. The Morgan fingerprint density at radius 2 is 1.81 bits per heavy atom. The summed E-state index contributed by atoms with van der Waals surface area (Å²) >= 11 is 0. The fourth-order valence-electron chi connectivity index (χ4n) is 5.39. The lowest BCUT2D eigenvalue weighted by Crippen LogP contribution is -2.59. The number of fused-ring (bicyclic) bond motifs is 6. The van der Waals surface area contributed by atoms with Gasteiger partial charge in [-0.15, -0.1) is 0 Å². The van der Waals surface area contributed by atoms with Gasteiger partial charge in [0, 0.05) is 29.9 Å². The zero-order valence-electron chi connectivity index (χ0n) is 18.3. The van der Waals surface area contributed by atoms with E-state index in [0.717, 1.165) is 52.9 Å². The predicted molar refractivity (Wildman–Crippen MR) is 122 cm³/mol. The molecule has 2 aliphatic heterocycles. The standard InChI is InChI=1S/C25H28N4O2/c1-4-27(5-2)16-28-22-13-9-7-11-20(22)25(24(28)31)23-19(14-15-29(25)17(3)30)18-10-6-8-12-21(18)26-23/h6-13,26H,4-5,14-16H2,1-3H3/t25-/m0/s1. The smallest absolute Gasteiger partial charge is 0.265 e. The number of hydrogen-bond acceptors (Lipinski definition) is 3. The van der Waals surface area contributed by atoms with Gasteiger partial charge in [0.05, 0.1) is 18.1 Å². The number of nitrogens with one attached hydrogen (secondary N) is 1. The van der Waals surface area contributed by atoms with Crippen LogP contribution in [0.4, 0.5) is 5.69 Å². The van der Waals surface area contributed by atoms with E-state index in [9.17, 15) is 9.59 Å². The molecule has 6 nitrogen and oxygen atoms in total. The van der Waals surface area contributed by atoms with Crippen LogP contribution in [0.1, 0.15) is 37.6 Å². The van der Waals surface area contributed by atoms with E-state index in [1.165, 1.54) is 0 Å². The van der Waals surface area contributed by atoms with Crippen LogP contribution in [0.2, 0.25) is 0 Å². The van der Waals surface area contributed by atoms with Crippen LogP contribution in [0, 0.1) is 0 Å². The van der Waals surface area contributed by atoms with E-state index in [4.69, 9.17) is 0 Å². The molecule has 2 aliphatic rings. The van der Waals surface area contributed by atoms with Crippen molar-refractivity contribution >= 4 is 28.4 Å². The van der Waals surface area contributed by atoms with E-state index >= 15 is 0 Å². The number of hydrogen-bond donors (Lipinski definition) is 1. The third kappa shape index (κ3) is 2.61. The van der Waals surface area contributed by atoms with Crippen LogP contribution in [-0.2, 0) is 21.5 Å². The Bertz CT molecular complexity index is 1180. The zero-order valence-corrected chi connectivity index (χ0v) is 18.3. The number of para-hydroxylation sites is 2. The van der Waals surface area contributed by atoms with Crippen molar-refractivity contribution in [3.8, 4) is 0 Å². The van der Waals surface area contributed by atoms with Gasteiger partial charge >= 0.3 is 0 Å². The maximum Gasteiger partial charge on any atom is 0.265 e. The van der Waals surface area contributed by atoms with Crippen LogP contribution in [0.25, 0.3) is 10.9 Å². The molecule has 1 aromatic heterocycles. The van der Waals surface area contributed by atoms with Crippen molar-refractivity contribution in [1.82, 2.24) is 14.8 Å². The van der Waals surface area contributed by atoms with Crippen molar-refractivity contribution in [2.24, 2.45) is 0 Å². The molecule has 5 rings (SSSR count). The van der Waals surface area contributed by atoms with Gasteiger partial charge in [-0.25, -0.2) is 0 Å². The first-order valence-electron chi connectivity index (χ1n) is 11.1. The molecule has 0 radical (unpaired) electrons. The van der Waals surface area contributed by atoms with Gasteiger partial charge in [0.15, 0.2) is 5.54 Å². The fraction of sp³-hybridized carbons (Fsp3) is 0.360. The van der Waals surface area contributed by atoms with Crippen LogP contribution < -0.4 is 4.90 Å². The summed E-state index contributed by atoms with van der Waals surface area (Å²) in [6.45, 7) is 8.49. The number of carbonyl (C=O) groups is 2. The summed E-state index contributed by atoms with van der Waals surface area (Å²) in [5, 5.41) is 1.13. The molecule has 3 heterocycles. The molecule has 0 saturated carbocycles. The summed E-state index contributed by atoms with van der Waals surface area (Å²) in [6, 6.07) is 16.1. The highest BCUT2D eigenvalue weighted by Gasteiger charge is 2.60. The van der Waals surface area contributed by atoms with Crippen molar-refractivity contribution in [2.75, 3.05) is 31.2 Å². The molecule has 2 amide bonds. The van der Waals surface area contributed by atoms with Crippen molar-refractivity contribution in [2.45, 2.75) is 32.7 Å². The molecule has 0 bridgehead atoms. The number of aromatic amines is 1. The van der Waals surface area contributed by atoms with Crippen molar-refractivity contribution in [3.63, 3.8) is 0 Å². The summed E-state index contributed by atoms with van der Waals surface area (Å²) in [7, 11) is 0. The zero-order chi connectivity index (χ0) is 21.8. The van der Waals surface area contributed by atoms with Gasteiger partial charge in [0.25, 0.3) is 5.91 Å². The highest BCUT2D eigenvalue weighted by Crippen LogP contribution is 2.51. The second-order valence-corrected chi connectivity index (χ2v) is 8.35. The second kappa shape index (κ2) is 7.24. The van der Waals surface area contributed by atoms with E-state index < -0.39 is 5.54 Å². The molecule has 0 fully saturated rings. The first kappa shape index (κ1) is 19.8. The van der Waals surface area contributed by atoms with Gasteiger partial charge in [-0.1, -0.05) is 50.2 Å². The largest absolute Gasteiger partial charge is 0.355 e. The first-order valence-corrected chi connectivity index (χ1v) is 11.1. The minimum Gasteiger partial charge on any atom is -0.355 e. The second-order valence-electron chi connectivity index (χ2n) is 8.35. The lowest BCUT2D eigenvalue weighted by molar-refractivity contribution is -0.143. The Balaban J connectivity index is 1.80. The van der Waals surface area contributed by atoms with E-state index in [1.807, 2.05) is 47.4 Å². The summed E-state index contributed by atoms with van der Waals surface area (Å²) in [5.74, 6) is -0.138. The molecular weight excluding hydrogens is 388 g/mol. The first-order chi connectivity index (χ1) is 15.0. The van der Waals surface area contributed by atoms with Crippen LogP contribution in [0.15, 0.2) is 48.5 Å². The SMILES string of the molecule is CCN(CC)CN1C(=O)[C@]2(c3ccccc31)c1[nH]c3ccccc3c1CCN2C(C)=O. The molecule has 0 saturated heterocycles. The average molecular weight is 417 g/mol. The minimum absolute atomic E-state index is 0.0525. The molecule has 1 atom stereocenters. The maximum absolute atomic E-state index is 14.3. The molecule has 0 aliphatic carbocycles. The van der Waals surface area contributed by atoms with E-state index in [1.54, 1.807) is 11.8 Å². The Kier molecular flexibility index (Phi) is 4.63. The molecule has 160 valence electrons. The summed E-state index contributed by atoms with van der Waals surface area (Å²) in [6.07, 6.45) is 0.728. The maximum atomic E-state index is 14.3. The number of H-pyrrole nitrogens is 1. The average Bonchev–Trinajstić information content (AvgIpc) is 3.28. The molecular formula is C25H28N4O2. The van der Waals surface area contributed by atoms with Gasteiger partial charge in [0.2, 0.25) is 5.91 Å². The minimum atomic E-state index is -1.15. The number of nitrogens with zero attached hydrogens (tertiary/aromatic N) is 3. The Labute approximate surface area is 182 Å². The number of anilines is 1. The number of benzene rings is 2. The lowest BCUT2D eigenvalue weighted by atomic mass is 9.80. The van der Waals surface area contributed by atoms with Gasteiger partial charge in [-0.3, -0.25) is 19.4 Å². The monoisotopic (exact) mass is 416 g/mol. The third-order valence-corrected chi connectivity index (χ3v) is 6.92. The van der Waals surface area contributed by atoms with Crippen molar-refractivity contribution < 1.29 is 9.59 Å². The number of aromatic nitrogens is 1. The van der Waals surface area contributed by atoms with E-state index in [-0.39, 0.29) is 11.8 Å². The van der Waals surface area contributed by atoms with Crippen LogP contribution in [0.5, 0.6) is 0 Å². The van der Waals surface area contributed by atoms with E-state index in [2.05, 4.69) is 29.8 Å². The van der Waals surface area contributed by atoms with Crippen molar-refractivity contribution in [3.05, 3.63) is 65.4 Å². The van der Waals surface area contributed by atoms with Crippen molar-refractivity contribution in [1.29, 1.82) is 0 Å². The molecule has 3 aromatic rings. The van der Waals surface area contributed by atoms with Gasteiger partial charge in [-0.2, -0.15) is 0 Å². The van der Waals surface area contributed by atoms with Crippen LogP contribution >= 0.6 is 0 Å². The molecule has 1 N–H and O–H groups in total. The Morgan fingerprint density at radius 1 is 1.10 bits per heavy atom. The normalized spacial score (nSPS) is 20.1. The summed E-state index contributed by atoms with van der Waals surface area (Å²) in [5.41, 5.74) is 3.61.